The van der Waals surface area contributed by atoms with Crippen molar-refractivity contribution in [3.05, 3.63) is 0 Å². The van der Waals surface area contributed by atoms with Crippen LogP contribution in [0.15, 0.2) is 0 Å². The van der Waals surface area contributed by atoms with E-state index in [4.69, 9.17) is 9.84 Å². The average molecular weight is 328 g/mol. The van der Waals surface area contributed by atoms with Crippen LogP contribution in [-0.4, -0.2) is 58.5 Å². The Morgan fingerprint density at radius 2 is 2.04 bits per heavy atom. The predicted molar refractivity (Wildman–Crippen MR) is 80.8 cm³/mol. The van der Waals surface area contributed by atoms with E-state index in [1.165, 1.54) is 0 Å². The van der Waals surface area contributed by atoms with E-state index in [1.54, 1.807) is 20.8 Å². The van der Waals surface area contributed by atoms with Gasteiger partial charge in [-0.1, -0.05) is 0 Å². The number of nitrogens with zero attached hydrogens (tertiary/aromatic N) is 1. The molecule has 1 aliphatic heterocycles. The molecule has 2 atom stereocenters. The zero-order chi connectivity index (χ0) is 17.6. The molecule has 2 amide bonds. The highest BCUT2D eigenvalue weighted by Crippen LogP contribution is 2.20. The van der Waals surface area contributed by atoms with Crippen LogP contribution in [0, 0.1) is 0 Å². The highest BCUT2D eigenvalue weighted by Gasteiger charge is 2.35. The Hall–Kier alpha value is -2.12. The van der Waals surface area contributed by atoms with Crippen molar-refractivity contribution in [1.82, 2.24) is 10.2 Å². The number of hydrogen-bond donors (Lipinski definition) is 2. The molecule has 0 saturated carbocycles. The van der Waals surface area contributed by atoms with E-state index in [9.17, 15) is 19.2 Å². The number of carbonyl (C=O) groups excluding carboxylic acids is 3. The van der Waals surface area contributed by atoms with Gasteiger partial charge < -0.3 is 24.9 Å². The van der Waals surface area contributed by atoms with Crippen LogP contribution in [0.3, 0.4) is 0 Å². The van der Waals surface area contributed by atoms with Gasteiger partial charge in [0.05, 0.1) is 0 Å². The molecule has 23 heavy (non-hydrogen) atoms. The molecule has 8 heteroatoms. The lowest BCUT2D eigenvalue weighted by Crippen LogP contribution is -2.52. The van der Waals surface area contributed by atoms with Gasteiger partial charge in [0.2, 0.25) is 5.91 Å². The van der Waals surface area contributed by atoms with Gasteiger partial charge in [0.1, 0.15) is 24.5 Å². The molecule has 1 fully saturated rings. The Labute approximate surface area is 135 Å². The van der Waals surface area contributed by atoms with Gasteiger partial charge in [0.15, 0.2) is 0 Å². The van der Waals surface area contributed by atoms with E-state index in [-0.39, 0.29) is 6.42 Å². The zero-order valence-corrected chi connectivity index (χ0v) is 13.7. The molecular formula is C15H24N2O6. The second kappa shape index (κ2) is 7.94. The van der Waals surface area contributed by atoms with Crippen LogP contribution in [-0.2, 0) is 19.1 Å². The van der Waals surface area contributed by atoms with Gasteiger partial charge in [-0.05, 0) is 40.0 Å². The molecule has 2 N–H and O–H groups in total. The van der Waals surface area contributed by atoms with Crippen molar-refractivity contribution in [2.24, 2.45) is 0 Å². The molecule has 0 aliphatic carbocycles. The first-order chi connectivity index (χ1) is 10.6. The first-order valence-corrected chi connectivity index (χ1v) is 7.59. The number of nitrogens with one attached hydrogen (secondary N) is 1. The summed E-state index contributed by atoms with van der Waals surface area (Å²) in [6.45, 7) is 4.62. The quantitative estimate of drug-likeness (QED) is 0.726. The maximum absolute atomic E-state index is 12.5. The van der Waals surface area contributed by atoms with Gasteiger partial charge in [-0.15, -0.1) is 0 Å². The van der Waals surface area contributed by atoms with Crippen LogP contribution >= 0.6 is 0 Å². The maximum Gasteiger partial charge on any atom is 0.408 e. The molecule has 8 nitrogen and oxygen atoms in total. The Morgan fingerprint density at radius 1 is 1.39 bits per heavy atom. The summed E-state index contributed by atoms with van der Waals surface area (Å²) in [7, 11) is 0. The van der Waals surface area contributed by atoms with Crippen LogP contribution in [0.1, 0.15) is 46.5 Å². The van der Waals surface area contributed by atoms with Gasteiger partial charge in [0.25, 0.3) is 0 Å². The maximum atomic E-state index is 12.5. The van der Waals surface area contributed by atoms with Crippen LogP contribution in [0.2, 0.25) is 0 Å². The Balaban J connectivity index is 2.85. The first-order valence-electron chi connectivity index (χ1n) is 7.59. The zero-order valence-electron chi connectivity index (χ0n) is 13.7. The number of aliphatic carboxylic acids is 1. The number of likely N-dealkylation sites (tertiary alicyclic amines) is 1. The number of rotatable bonds is 5. The molecule has 0 bridgehead atoms. The molecule has 0 aromatic rings. The summed E-state index contributed by atoms with van der Waals surface area (Å²) in [6, 6.07) is -1.30. The number of carbonyl (C=O) groups is 4. The molecule has 1 heterocycles. The first kappa shape index (κ1) is 18.9. The number of amides is 2. The third-order valence-electron chi connectivity index (χ3n) is 3.42. The number of alkyl carbamates (subject to hydrolysis) is 1. The summed E-state index contributed by atoms with van der Waals surface area (Å²) in [5, 5.41) is 11.5. The standard InChI is InChI=1S/C15H24N2O6/c1-15(2,3)23-14(22)16-11-6-4-5-10(7-8-18)17(13(11)21)9-12(19)20/h8,10-11H,4-7,9H2,1-3H3,(H,16,22)(H,19,20)/t10?,11-/m0/s1. The van der Waals surface area contributed by atoms with Gasteiger partial charge in [-0.2, -0.15) is 0 Å². The number of ether oxygens (including phenoxy) is 1. The monoisotopic (exact) mass is 328 g/mol. The molecule has 1 saturated heterocycles. The topological polar surface area (TPSA) is 113 Å². The lowest BCUT2D eigenvalue weighted by atomic mass is 10.1. The van der Waals surface area contributed by atoms with E-state index >= 15 is 0 Å². The normalized spacial score (nSPS) is 22.2. The molecular weight excluding hydrogens is 304 g/mol. The fraction of sp³-hybridized carbons (Fsp3) is 0.733. The van der Waals surface area contributed by atoms with Gasteiger partial charge in [-0.3, -0.25) is 9.59 Å². The fourth-order valence-electron chi connectivity index (χ4n) is 2.51. The summed E-state index contributed by atoms with van der Waals surface area (Å²) in [5.74, 6) is -1.66. The number of carboxylic acid groups (broad SMARTS) is 1. The summed E-state index contributed by atoms with van der Waals surface area (Å²) in [4.78, 5) is 47.3. The Bertz CT molecular complexity index is 471. The summed E-state index contributed by atoms with van der Waals surface area (Å²) in [6.07, 6.45) is 1.53. The second-order valence-electron chi connectivity index (χ2n) is 6.55. The third kappa shape index (κ3) is 6.25. The minimum atomic E-state index is -1.16. The summed E-state index contributed by atoms with van der Waals surface area (Å²) in [5.41, 5.74) is -0.696. The summed E-state index contributed by atoms with van der Waals surface area (Å²) < 4.78 is 5.13. The largest absolute Gasteiger partial charge is 0.480 e. The van der Waals surface area contributed by atoms with E-state index in [0.717, 1.165) is 4.90 Å². The van der Waals surface area contributed by atoms with Gasteiger partial charge in [-0.25, -0.2) is 4.79 Å². The number of hydrogen-bond acceptors (Lipinski definition) is 5. The molecule has 130 valence electrons. The van der Waals surface area contributed by atoms with E-state index in [1.807, 2.05) is 0 Å². The van der Waals surface area contributed by atoms with Gasteiger partial charge >= 0.3 is 12.1 Å². The van der Waals surface area contributed by atoms with Crippen molar-refractivity contribution in [2.75, 3.05) is 6.54 Å². The molecule has 1 aliphatic rings. The lowest BCUT2D eigenvalue weighted by Gasteiger charge is -2.30. The van der Waals surface area contributed by atoms with Crippen molar-refractivity contribution in [3.8, 4) is 0 Å². The smallest absolute Gasteiger partial charge is 0.408 e. The van der Waals surface area contributed by atoms with Crippen molar-refractivity contribution < 1.29 is 29.0 Å². The molecule has 0 aromatic carbocycles. The third-order valence-corrected chi connectivity index (χ3v) is 3.42. The molecule has 1 unspecified atom stereocenters. The molecule has 0 aromatic heterocycles. The van der Waals surface area contributed by atoms with Crippen LogP contribution in [0.5, 0.6) is 0 Å². The molecule has 0 spiro atoms. The SMILES string of the molecule is CC(C)(C)OC(=O)N[C@H]1CCCC(CC=O)N(CC(=O)O)C1=O. The van der Waals surface area contributed by atoms with E-state index < -0.39 is 42.2 Å². The van der Waals surface area contributed by atoms with Crippen molar-refractivity contribution >= 4 is 24.3 Å². The van der Waals surface area contributed by atoms with Crippen LogP contribution < -0.4 is 5.32 Å². The fourth-order valence-corrected chi connectivity index (χ4v) is 2.51. The van der Waals surface area contributed by atoms with Gasteiger partial charge in [0, 0.05) is 12.5 Å². The minimum absolute atomic E-state index is 0.0815. The highest BCUT2D eigenvalue weighted by molar-refractivity contribution is 5.88. The summed E-state index contributed by atoms with van der Waals surface area (Å²) >= 11 is 0. The van der Waals surface area contributed by atoms with Crippen molar-refractivity contribution in [2.45, 2.75) is 64.1 Å². The van der Waals surface area contributed by atoms with Crippen LogP contribution in [0.25, 0.3) is 0 Å². The van der Waals surface area contributed by atoms with Crippen LogP contribution in [0.4, 0.5) is 4.79 Å². The Kier molecular flexibility index (Phi) is 6.53. The molecule has 1 rings (SSSR count). The number of aldehydes is 1. The van der Waals surface area contributed by atoms with E-state index in [2.05, 4.69) is 5.32 Å². The van der Waals surface area contributed by atoms with E-state index in [0.29, 0.717) is 25.5 Å². The van der Waals surface area contributed by atoms with Crippen molar-refractivity contribution in [3.63, 3.8) is 0 Å². The highest BCUT2D eigenvalue weighted by atomic mass is 16.6. The number of carboxylic acids is 1. The lowest BCUT2D eigenvalue weighted by molar-refractivity contribution is -0.147. The average Bonchev–Trinajstić information content (AvgIpc) is 2.51. The second-order valence-corrected chi connectivity index (χ2v) is 6.55. The minimum Gasteiger partial charge on any atom is -0.480 e. The Morgan fingerprint density at radius 3 is 2.57 bits per heavy atom. The van der Waals surface area contributed by atoms with Crippen molar-refractivity contribution in [1.29, 1.82) is 0 Å². The predicted octanol–water partition coefficient (Wildman–Crippen LogP) is 0.934. The molecule has 0 radical (unpaired) electrons.